The summed E-state index contributed by atoms with van der Waals surface area (Å²) in [5.41, 5.74) is 5.90. The molecule has 0 bridgehead atoms. The summed E-state index contributed by atoms with van der Waals surface area (Å²) in [6, 6.07) is 20.3. The molecule has 0 atom stereocenters. The molecule has 0 saturated heterocycles. The number of aryl methyl sites for hydroxylation is 1. The second kappa shape index (κ2) is 10.5. The van der Waals surface area contributed by atoms with E-state index in [0.717, 1.165) is 16.7 Å². The zero-order valence-electron chi connectivity index (χ0n) is 16.9. The SMILES string of the molecule is CCOc1cc(/C=N\NC(=O)c2cccc(C)c2)ccc1OCc1ccc(Cl)cc1. The van der Waals surface area contributed by atoms with Gasteiger partial charge in [-0.05, 0) is 67.4 Å². The molecule has 3 aromatic carbocycles. The maximum Gasteiger partial charge on any atom is 0.271 e. The Morgan fingerprint density at radius 1 is 1.03 bits per heavy atom. The molecular weight excluding hydrogens is 400 g/mol. The molecule has 0 saturated carbocycles. The third kappa shape index (κ3) is 6.09. The highest BCUT2D eigenvalue weighted by Gasteiger charge is 2.07. The number of benzene rings is 3. The van der Waals surface area contributed by atoms with Gasteiger partial charge >= 0.3 is 0 Å². The first-order chi connectivity index (χ1) is 14.5. The number of hydrazone groups is 1. The molecule has 0 aliphatic carbocycles. The molecular formula is C24H23ClN2O3. The highest BCUT2D eigenvalue weighted by atomic mass is 35.5. The Balaban J connectivity index is 1.65. The number of carbonyl (C=O) groups excluding carboxylic acids is 1. The van der Waals surface area contributed by atoms with Crippen LogP contribution in [0.25, 0.3) is 0 Å². The average Bonchev–Trinajstić information content (AvgIpc) is 2.74. The van der Waals surface area contributed by atoms with Crippen LogP contribution in [0.15, 0.2) is 71.8 Å². The lowest BCUT2D eigenvalue weighted by atomic mass is 10.1. The Kier molecular flexibility index (Phi) is 7.46. The van der Waals surface area contributed by atoms with E-state index in [-0.39, 0.29) is 5.91 Å². The molecule has 0 spiro atoms. The van der Waals surface area contributed by atoms with Crippen molar-refractivity contribution >= 4 is 23.7 Å². The van der Waals surface area contributed by atoms with Crippen LogP contribution in [0.5, 0.6) is 11.5 Å². The first-order valence-corrected chi connectivity index (χ1v) is 9.97. The van der Waals surface area contributed by atoms with Gasteiger partial charge in [-0.3, -0.25) is 4.79 Å². The van der Waals surface area contributed by atoms with Gasteiger partial charge in [0, 0.05) is 10.6 Å². The summed E-state index contributed by atoms with van der Waals surface area (Å²) in [5, 5.41) is 4.73. The van der Waals surface area contributed by atoms with Crippen molar-refractivity contribution < 1.29 is 14.3 Å². The lowest BCUT2D eigenvalue weighted by Gasteiger charge is -2.12. The topological polar surface area (TPSA) is 59.9 Å². The predicted molar refractivity (Wildman–Crippen MR) is 120 cm³/mol. The predicted octanol–water partition coefficient (Wildman–Crippen LogP) is 5.39. The van der Waals surface area contributed by atoms with E-state index in [4.69, 9.17) is 21.1 Å². The van der Waals surface area contributed by atoms with Crippen molar-refractivity contribution in [2.24, 2.45) is 5.10 Å². The molecule has 0 aliphatic rings. The van der Waals surface area contributed by atoms with Crippen LogP contribution in [-0.2, 0) is 6.61 Å². The second-order valence-electron chi connectivity index (χ2n) is 6.62. The average molecular weight is 423 g/mol. The summed E-state index contributed by atoms with van der Waals surface area (Å²) in [6.45, 7) is 4.75. The van der Waals surface area contributed by atoms with Gasteiger partial charge in [0.2, 0.25) is 0 Å². The molecule has 0 aliphatic heterocycles. The quantitative estimate of drug-likeness (QED) is 0.391. The van der Waals surface area contributed by atoms with Crippen LogP contribution in [0.3, 0.4) is 0 Å². The first kappa shape index (κ1) is 21.4. The van der Waals surface area contributed by atoms with Crippen molar-refractivity contribution in [3.63, 3.8) is 0 Å². The first-order valence-electron chi connectivity index (χ1n) is 9.59. The van der Waals surface area contributed by atoms with E-state index in [9.17, 15) is 4.79 Å². The van der Waals surface area contributed by atoms with Gasteiger partial charge in [-0.1, -0.05) is 41.4 Å². The van der Waals surface area contributed by atoms with Gasteiger partial charge < -0.3 is 9.47 Å². The van der Waals surface area contributed by atoms with Gasteiger partial charge in [-0.25, -0.2) is 5.43 Å². The zero-order chi connectivity index (χ0) is 21.3. The van der Waals surface area contributed by atoms with Crippen LogP contribution >= 0.6 is 11.6 Å². The molecule has 0 fully saturated rings. The number of nitrogens with one attached hydrogen (secondary N) is 1. The number of ether oxygens (including phenoxy) is 2. The van der Waals surface area contributed by atoms with E-state index >= 15 is 0 Å². The van der Waals surface area contributed by atoms with E-state index in [2.05, 4.69) is 10.5 Å². The molecule has 154 valence electrons. The molecule has 3 aromatic rings. The largest absolute Gasteiger partial charge is 0.490 e. The zero-order valence-corrected chi connectivity index (χ0v) is 17.6. The number of amides is 1. The lowest BCUT2D eigenvalue weighted by Crippen LogP contribution is -2.17. The number of hydrogen-bond donors (Lipinski definition) is 1. The van der Waals surface area contributed by atoms with Crippen molar-refractivity contribution in [1.82, 2.24) is 5.43 Å². The van der Waals surface area contributed by atoms with Gasteiger partial charge in [-0.2, -0.15) is 5.10 Å². The molecule has 0 radical (unpaired) electrons. The Hall–Kier alpha value is -3.31. The number of hydrogen-bond acceptors (Lipinski definition) is 4. The smallest absolute Gasteiger partial charge is 0.271 e. The molecule has 0 unspecified atom stereocenters. The van der Waals surface area contributed by atoms with Crippen molar-refractivity contribution in [1.29, 1.82) is 0 Å². The molecule has 3 rings (SSSR count). The Morgan fingerprint density at radius 2 is 1.83 bits per heavy atom. The van der Waals surface area contributed by atoms with Crippen molar-refractivity contribution in [2.75, 3.05) is 6.61 Å². The Morgan fingerprint density at radius 3 is 2.57 bits per heavy atom. The Labute approximate surface area is 181 Å². The summed E-state index contributed by atoms with van der Waals surface area (Å²) in [4.78, 5) is 12.2. The van der Waals surface area contributed by atoms with Crippen LogP contribution in [0, 0.1) is 6.92 Å². The molecule has 5 nitrogen and oxygen atoms in total. The van der Waals surface area contributed by atoms with E-state index in [1.54, 1.807) is 12.3 Å². The third-order valence-corrected chi connectivity index (χ3v) is 4.49. The Bertz CT molecular complexity index is 1030. The van der Waals surface area contributed by atoms with Crippen molar-refractivity contribution in [3.8, 4) is 11.5 Å². The molecule has 30 heavy (non-hydrogen) atoms. The minimum atomic E-state index is -0.261. The second-order valence-corrected chi connectivity index (χ2v) is 7.06. The molecule has 6 heteroatoms. The highest BCUT2D eigenvalue weighted by Crippen LogP contribution is 2.29. The van der Waals surface area contributed by atoms with Crippen molar-refractivity contribution in [2.45, 2.75) is 20.5 Å². The standard InChI is InChI=1S/C24H23ClN2O3/c1-3-29-23-14-19(15-26-27-24(28)20-6-4-5-17(2)13-20)9-12-22(23)30-16-18-7-10-21(25)11-8-18/h4-15H,3,16H2,1-2H3,(H,27,28)/b26-15-. The summed E-state index contributed by atoms with van der Waals surface area (Å²) >= 11 is 5.92. The molecule has 1 N–H and O–H groups in total. The van der Waals surface area contributed by atoms with Crippen LogP contribution in [0.2, 0.25) is 5.02 Å². The normalized spacial score (nSPS) is 10.8. The lowest BCUT2D eigenvalue weighted by molar-refractivity contribution is 0.0955. The van der Waals surface area contributed by atoms with Gasteiger partial charge in [0.15, 0.2) is 11.5 Å². The van der Waals surface area contributed by atoms with E-state index in [1.807, 2.05) is 74.5 Å². The van der Waals surface area contributed by atoms with Crippen molar-refractivity contribution in [3.05, 3.63) is 94.0 Å². The number of carbonyl (C=O) groups is 1. The fourth-order valence-electron chi connectivity index (χ4n) is 2.75. The minimum Gasteiger partial charge on any atom is -0.490 e. The van der Waals surface area contributed by atoms with Gasteiger partial charge in [0.1, 0.15) is 6.61 Å². The van der Waals surface area contributed by atoms with E-state index < -0.39 is 0 Å². The number of rotatable bonds is 8. The maximum absolute atomic E-state index is 12.2. The maximum atomic E-state index is 12.2. The number of nitrogens with zero attached hydrogens (tertiary/aromatic N) is 1. The van der Waals surface area contributed by atoms with Gasteiger partial charge in [-0.15, -0.1) is 0 Å². The van der Waals surface area contributed by atoms with Crippen LogP contribution in [-0.4, -0.2) is 18.7 Å². The summed E-state index contributed by atoms with van der Waals surface area (Å²) in [5.74, 6) is 0.982. The fraction of sp³-hybridized carbons (Fsp3) is 0.167. The summed E-state index contributed by atoms with van der Waals surface area (Å²) < 4.78 is 11.6. The van der Waals surface area contributed by atoms with Crippen LogP contribution in [0.1, 0.15) is 34.0 Å². The minimum absolute atomic E-state index is 0.261. The van der Waals surface area contributed by atoms with E-state index in [1.165, 1.54) is 0 Å². The molecule has 0 heterocycles. The number of halogens is 1. The van der Waals surface area contributed by atoms with Gasteiger partial charge in [0.05, 0.1) is 12.8 Å². The van der Waals surface area contributed by atoms with Gasteiger partial charge in [0.25, 0.3) is 5.91 Å². The third-order valence-electron chi connectivity index (χ3n) is 4.24. The van der Waals surface area contributed by atoms with Crippen LogP contribution < -0.4 is 14.9 Å². The van der Waals surface area contributed by atoms with Crippen LogP contribution in [0.4, 0.5) is 0 Å². The summed E-state index contributed by atoms with van der Waals surface area (Å²) in [6.07, 6.45) is 1.57. The van der Waals surface area contributed by atoms with E-state index in [0.29, 0.717) is 35.3 Å². The monoisotopic (exact) mass is 422 g/mol. The molecule has 0 aromatic heterocycles. The fourth-order valence-corrected chi connectivity index (χ4v) is 2.88. The highest BCUT2D eigenvalue weighted by molar-refractivity contribution is 6.30. The summed E-state index contributed by atoms with van der Waals surface area (Å²) in [7, 11) is 0. The molecule has 1 amide bonds.